The summed E-state index contributed by atoms with van der Waals surface area (Å²) in [6, 6.07) is 6.69. The van der Waals surface area contributed by atoms with Crippen molar-refractivity contribution in [2.75, 3.05) is 0 Å². The molecule has 2 rings (SSSR count). The molecule has 0 saturated carbocycles. The average molecular weight is 416 g/mol. The topological polar surface area (TPSA) is 0 Å². The molecular formula is C13H6F5IS. The lowest BCUT2D eigenvalue weighted by atomic mass is 10.1. The van der Waals surface area contributed by atoms with Crippen molar-refractivity contribution in [2.45, 2.75) is 10.4 Å². The highest BCUT2D eigenvalue weighted by Gasteiger charge is 2.31. The number of alkyl halides is 3. The summed E-state index contributed by atoms with van der Waals surface area (Å²) in [6.07, 6.45) is 0. The smallest absolute Gasteiger partial charge is 0.207 e. The predicted molar refractivity (Wildman–Crippen MR) is 76.4 cm³/mol. The lowest BCUT2D eigenvalue weighted by molar-refractivity contribution is -0.0328. The van der Waals surface area contributed by atoms with Gasteiger partial charge >= 0.3 is 5.51 Å². The van der Waals surface area contributed by atoms with Crippen LogP contribution in [0.2, 0.25) is 0 Å². The fourth-order valence-corrected chi connectivity index (χ4v) is 2.92. The summed E-state index contributed by atoms with van der Waals surface area (Å²) < 4.78 is 64.7. The molecule has 106 valence electrons. The van der Waals surface area contributed by atoms with E-state index in [0.717, 1.165) is 24.3 Å². The average Bonchev–Trinajstić information content (AvgIpc) is 2.33. The monoisotopic (exact) mass is 416 g/mol. The zero-order valence-corrected chi connectivity index (χ0v) is 12.6. The third-order valence-electron chi connectivity index (χ3n) is 2.39. The standard InChI is InChI=1S/C13H6F5IS/c14-7-1-3-11(19)9(5-7)10-6-8(15)2-4-12(10)20-13(16,17)18/h1-6H. The second-order valence-electron chi connectivity index (χ2n) is 3.81. The lowest BCUT2D eigenvalue weighted by Gasteiger charge is -2.13. The Hall–Kier alpha value is -0.830. The third kappa shape index (κ3) is 3.85. The molecule has 7 heteroatoms. The number of hydrogen-bond acceptors (Lipinski definition) is 1. The highest BCUT2D eigenvalue weighted by Crippen LogP contribution is 2.42. The number of rotatable bonds is 2. The first-order valence-corrected chi connectivity index (χ1v) is 7.16. The third-order valence-corrected chi connectivity index (χ3v) is 4.13. The van der Waals surface area contributed by atoms with Gasteiger partial charge in [-0.25, -0.2) is 8.78 Å². The Morgan fingerprint density at radius 2 is 1.40 bits per heavy atom. The van der Waals surface area contributed by atoms with Crippen LogP contribution in [-0.4, -0.2) is 5.51 Å². The van der Waals surface area contributed by atoms with Gasteiger partial charge in [-0.2, -0.15) is 13.2 Å². The van der Waals surface area contributed by atoms with E-state index in [9.17, 15) is 22.0 Å². The second-order valence-corrected chi connectivity index (χ2v) is 6.08. The van der Waals surface area contributed by atoms with Gasteiger partial charge in [-0.3, -0.25) is 0 Å². The summed E-state index contributed by atoms with van der Waals surface area (Å²) in [7, 11) is 0. The van der Waals surface area contributed by atoms with E-state index >= 15 is 0 Å². The van der Waals surface area contributed by atoms with Crippen molar-refractivity contribution in [1.82, 2.24) is 0 Å². The van der Waals surface area contributed by atoms with Crippen LogP contribution in [-0.2, 0) is 0 Å². The van der Waals surface area contributed by atoms with Crippen LogP contribution in [0.4, 0.5) is 22.0 Å². The van der Waals surface area contributed by atoms with E-state index in [-0.39, 0.29) is 27.8 Å². The Bertz CT molecular complexity index is 639. The van der Waals surface area contributed by atoms with Gasteiger partial charge in [0.2, 0.25) is 0 Å². The number of benzene rings is 2. The van der Waals surface area contributed by atoms with E-state index in [0.29, 0.717) is 3.57 Å². The molecule has 0 fully saturated rings. The maximum Gasteiger partial charge on any atom is 0.446 e. The number of hydrogen-bond donors (Lipinski definition) is 0. The molecule has 0 nitrogen and oxygen atoms in total. The van der Waals surface area contributed by atoms with Gasteiger partial charge in [0.1, 0.15) is 11.6 Å². The lowest BCUT2D eigenvalue weighted by Crippen LogP contribution is -2.00. The Labute approximate surface area is 129 Å². The van der Waals surface area contributed by atoms with Gasteiger partial charge in [0.15, 0.2) is 0 Å². The van der Waals surface area contributed by atoms with Crippen LogP contribution in [0.25, 0.3) is 11.1 Å². The van der Waals surface area contributed by atoms with E-state index in [2.05, 4.69) is 0 Å². The molecule has 20 heavy (non-hydrogen) atoms. The van der Waals surface area contributed by atoms with Crippen LogP contribution in [0.3, 0.4) is 0 Å². The molecule has 0 saturated heterocycles. The molecule has 0 atom stereocenters. The molecule has 0 heterocycles. The Morgan fingerprint density at radius 1 is 0.850 bits per heavy atom. The van der Waals surface area contributed by atoms with Crippen LogP contribution >= 0.6 is 34.4 Å². The van der Waals surface area contributed by atoms with E-state index < -0.39 is 17.1 Å². The summed E-state index contributed by atoms with van der Waals surface area (Å²) in [5.41, 5.74) is -4.24. The minimum atomic E-state index is -4.49. The number of halogens is 6. The van der Waals surface area contributed by atoms with Crippen LogP contribution in [0.15, 0.2) is 41.3 Å². The van der Waals surface area contributed by atoms with Gasteiger partial charge in [-0.1, -0.05) is 0 Å². The molecule has 0 aliphatic heterocycles. The fraction of sp³-hybridized carbons (Fsp3) is 0.0769. The first kappa shape index (κ1) is 15.6. The molecule has 0 unspecified atom stereocenters. The van der Waals surface area contributed by atoms with Gasteiger partial charge < -0.3 is 0 Å². The minimum Gasteiger partial charge on any atom is -0.207 e. The molecule has 0 N–H and O–H groups in total. The number of thioether (sulfide) groups is 1. The summed E-state index contributed by atoms with van der Waals surface area (Å²) in [5, 5.41) is 0. The SMILES string of the molecule is Fc1ccc(I)c(-c2cc(F)ccc2SC(F)(F)F)c1. The molecule has 0 bridgehead atoms. The Balaban J connectivity index is 2.60. The molecule has 0 aromatic heterocycles. The van der Waals surface area contributed by atoms with E-state index in [1.165, 1.54) is 12.1 Å². The molecule has 0 spiro atoms. The largest absolute Gasteiger partial charge is 0.446 e. The Morgan fingerprint density at radius 3 is 2.00 bits per heavy atom. The van der Waals surface area contributed by atoms with E-state index in [1.54, 1.807) is 0 Å². The molecule has 0 amide bonds. The summed E-state index contributed by atoms with van der Waals surface area (Å²) in [4.78, 5) is -0.164. The van der Waals surface area contributed by atoms with Crippen LogP contribution in [0, 0.1) is 15.2 Å². The van der Waals surface area contributed by atoms with Gasteiger partial charge in [0.25, 0.3) is 0 Å². The van der Waals surface area contributed by atoms with Crippen molar-refractivity contribution >= 4 is 34.4 Å². The van der Waals surface area contributed by atoms with Gasteiger partial charge in [-0.15, -0.1) is 0 Å². The molecule has 0 aliphatic rings. The quantitative estimate of drug-likeness (QED) is 0.337. The normalized spacial score (nSPS) is 11.7. The van der Waals surface area contributed by atoms with Gasteiger partial charge in [0.05, 0.1) is 0 Å². The first-order chi connectivity index (χ1) is 9.26. The zero-order valence-electron chi connectivity index (χ0n) is 9.64. The molecule has 2 aromatic rings. The van der Waals surface area contributed by atoms with Crippen molar-refractivity contribution < 1.29 is 22.0 Å². The van der Waals surface area contributed by atoms with Crippen molar-refractivity contribution in [3.8, 4) is 11.1 Å². The zero-order chi connectivity index (χ0) is 14.9. The van der Waals surface area contributed by atoms with Crippen molar-refractivity contribution in [3.63, 3.8) is 0 Å². The summed E-state index contributed by atoms with van der Waals surface area (Å²) >= 11 is 1.52. The molecule has 2 aromatic carbocycles. The molecule has 0 aliphatic carbocycles. The maximum absolute atomic E-state index is 13.3. The van der Waals surface area contributed by atoms with E-state index in [1.807, 2.05) is 22.6 Å². The van der Waals surface area contributed by atoms with E-state index in [4.69, 9.17) is 0 Å². The highest BCUT2D eigenvalue weighted by molar-refractivity contribution is 14.1. The van der Waals surface area contributed by atoms with Crippen LogP contribution < -0.4 is 0 Å². The Kier molecular flexibility index (Phi) is 4.58. The van der Waals surface area contributed by atoms with Crippen LogP contribution in [0.5, 0.6) is 0 Å². The minimum absolute atomic E-state index is 0.0243. The highest BCUT2D eigenvalue weighted by atomic mass is 127. The van der Waals surface area contributed by atoms with Gasteiger partial charge in [-0.05, 0) is 81.9 Å². The van der Waals surface area contributed by atoms with Crippen molar-refractivity contribution in [2.24, 2.45) is 0 Å². The van der Waals surface area contributed by atoms with Gasteiger partial charge in [0, 0.05) is 8.47 Å². The maximum atomic E-state index is 13.3. The van der Waals surface area contributed by atoms with Crippen LogP contribution in [0.1, 0.15) is 0 Å². The molecular weight excluding hydrogens is 410 g/mol. The van der Waals surface area contributed by atoms with Crippen molar-refractivity contribution in [1.29, 1.82) is 0 Å². The summed E-state index contributed by atoms with van der Waals surface area (Å²) in [6.45, 7) is 0. The second kappa shape index (κ2) is 5.88. The molecule has 0 radical (unpaired) electrons. The fourth-order valence-electron chi connectivity index (χ4n) is 1.63. The predicted octanol–water partition coefficient (Wildman–Crippen LogP) is 5.85. The first-order valence-electron chi connectivity index (χ1n) is 5.27. The summed E-state index contributed by atoms with van der Waals surface area (Å²) in [5.74, 6) is -1.26. The van der Waals surface area contributed by atoms with Crippen molar-refractivity contribution in [3.05, 3.63) is 51.6 Å².